The Bertz CT molecular complexity index is 757. The average Bonchev–Trinajstić information content (AvgIpc) is 3.31. The second kappa shape index (κ2) is 9.18. The number of aromatic nitrogens is 2. The summed E-state index contributed by atoms with van der Waals surface area (Å²) in [6.07, 6.45) is 2.09. The predicted molar refractivity (Wildman–Crippen MR) is 123 cm³/mol. The third kappa shape index (κ3) is 4.71. The zero-order valence-corrected chi connectivity index (χ0v) is 19.0. The van der Waals surface area contributed by atoms with Gasteiger partial charge in [-0.25, -0.2) is 4.98 Å². The number of hydrogen-bond acceptors (Lipinski definition) is 5. The summed E-state index contributed by atoms with van der Waals surface area (Å²) in [4.78, 5) is 13.8. The molecule has 0 amide bonds. The zero-order valence-electron chi connectivity index (χ0n) is 15.8. The number of piperazine rings is 1. The lowest BCUT2D eigenvalue weighted by Gasteiger charge is -2.36. The molecule has 0 spiro atoms. The second-order valence-corrected chi connectivity index (χ2v) is 7.60. The minimum Gasteiger partial charge on any atom is -0.353 e. The fraction of sp³-hybridized carbons (Fsp3) is 0.526. The van der Waals surface area contributed by atoms with Crippen molar-refractivity contribution in [1.82, 2.24) is 19.6 Å². The van der Waals surface area contributed by atoms with Crippen LogP contribution in [0, 0.1) is 0 Å². The van der Waals surface area contributed by atoms with E-state index in [0.717, 1.165) is 49.5 Å². The fourth-order valence-corrected chi connectivity index (χ4v) is 4.31. The molecule has 1 aliphatic heterocycles. The summed E-state index contributed by atoms with van der Waals surface area (Å²) in [5.41, 5.74) is 1.42. The van der Waals surface area contributed by atoms with E-state index in [9.17, 15) is 0 Å². The van der Waals surface area contributed by atoms with Crippen molar-refractivity contribution in [1.29, 1.82) is 0 Å². The minimum absolute atomic E-state index is 0. The van der Waals surface area contributed by atoms with E-state index in [1.54, 1.807) is 0 Å². The van der Waals surface area contributed by atoms with Gasteiger partial charge in [0.05, 0.1) is 0 Å². The molecule has 2 aliphatic rings. The molecule has 2 aromatic rings. The van der Waals surface area contributed by atoms with Gasteiger partial charge in [0.15, 0.2) is 5.96 Å². The van der Waals surface area contributed by atoms with Gasteiger partial charge in [-0.05, 0) is 12.0 Å². The molecule has 4 rings (SSSR count). The van der Waals surface area contributed by atoms with E-state index in [2.05, 4.69) is 66.7 Å². The van der Waals surface area contributed by atoms with Gasteiger partial charge in [0, 0.05) is 63.1 Å². The number of rotatable bonds is 4. The number of hydrogen-bond donors (Lipinski definition) is 1. The molecule has 2 heterocycles. The molecule has 1 N–H and O–H groups in total. The first-order valence-electron chi connectivity index (χ1n) is 9.39. The summed E-state index contributed by atoms with van der Waals surface area (Å²) < 4.78 is 4.40. The first kappa shape index (κ1) is 20.3. The maximum atomic E-state index is 4.61. The Morgan fingerprint density at radius 1 is 1.22 bits per heavy atom. The standard InChI is InChI=1S/C19H26N6S.HI/c1-3-17-22-19(26-23-17)25-11-9-24(10-12-25)18(20-2)21-16-13-15(16)14-7-5-4-6-8-14;/h4-8,15-16H,3,9-13H2,1-2H3,(H,20,21);1H. The summed E-state index contributed by atoms with van der Waals surface area (Å²) in [6, 6.07) is 11.3. The van der Waals surface area contributed by atoms with Gasteiger partial charge in [-0.2, -0.15) is 4.37 Å². The first-order valence-corrected chi connectivity index (χ1v) is 10.2. The largest absolute Gasteiger partial charge is 0.353 e. The molecule has 1 aliphatic carbocycles. The van der Waals surface area contributed by atoms with E-state index in [1.807, 2.05) is 7.05 Å². The lowest BCUT2D eigenvalue weighted by molar-refractivity contribution is 0.372. The minimum atomic E-state index is 0. The number of aryl methyl sites for hydroxylation is 1. The number of aliphatic imine (C=N–C) groups is 1. The number of halogens is 1. The van der Waals surface area contributed by atoms with Gasteiger partial charge >= 0.3 is 0 Å². The van der Waals surface area contributed by atoms with Crippen molar-refractivity contribution in [2.24, 2.45) is 4.99 Å². The Morgan fingerprint density at radius 3 is 2.59 bits per heavy atom. The molecular weight excluding hydrogens is 471 g/mol. The molecule has 2 unspecified atom stereocenters. The quantitative estimate of drug-likeness (QED) is 0.399. The van der Waals surface area contributed by atoms with Crippen molar-refractivity contribution < 1.29 is 0 Å². The van der Waals surface area contributed by atoms with Crippen LogP contribution in [0.1, 0.15) is 30.7 Å². The third-order valence-corrected chi connectivity index (χ3v) is 5.98. The number of anilines is 1. The number of nitrogens with one attached hydrogen (secondary N) is 1. The van der Waals surface area contributed by atoms with E-state index in [4.69, 9.17) is 0 Å². The molecule has 2 atom stereocenters. The summed E-state index contributed by atoms with van der Waals surface area (Å²) in [5, 5.41) is 4.71. The summed E-state index contributed by atoms with van der Waals surface area (Å²) in [5.74, 6) is 2.59. The van der Waals surface area contributed by atoms with Crippen molar-refractivity contribution >= 4 is 46.6 Å². The Kier molecular flexibility index (Phi) is 6.91. The Balaban J connectivity index is 0.00000210. The molecule has 1 aromatic carbocycles. The smallest absolute Gasteiger partial charge is 0.205 e. The van der Waals surface area contributed by atoms with Crippen LogP contribution in [0.5, 0.6) is 0 Å². The van der Waals surface area contributed by atoms with Crippen molar-refractivity contribution in [3.8, 4) is 0 Å². The van der Waals surface area contributed by atoms with Gasteiger partial charge in [-0.1, -0.05) is 37.3 Å². The van der Waals surface area contributed by atoms with Crippen LogP contribution in [0.3, 0.4) is 0 Å². The van der Waals surface area contributed by atoms with Crippen molar-refractivity contribution in [2.45, 2.75) is 31.7 Å². The Morgan fingerprint density at radius 2 is 1.96 bits per heavy atom. The molecule has 8 heteroatoms. The highest BCUT2D eigenvalue weighted by Gasteiger charge is 2.39. The van der Waals surface area contributed by atoms with Crippen LogP contribution in [0.4, 0.5) is 5.13 Å². The van der Waals surface area contributed by atoms with Crippen LogP contribution in [-0.4, -0.2) is 59.5 Å². The third-order valence-electron chi connectivity index (χ3n) is 5.17. The molecule has 146 valence electrons. The highest BCUT2D eigenvalue weighted by molar-refractivity contribution is 14.0. The number of benzene rings is 1. The molecular formula is C19H27IN6S. The molecule has 2 fully saturated rings. The van der Waals surface area contributed by atoms with Crippen LogP contribution in [0.25, 0.3) is 0 Å². The van der Waals surface area contributed by atoms with Gasteiger partial charge in [-0.15, -0.1) is 24.0 Å². The van der Waals surface area contributed by atoms with Gasteiger partial charge in [0.2, 0.25) is 5.13 Å². The summed E-state index contributed by atoms with van der Waals surface area (Å²) in [6.45, 7) is 5.95. The second-order valence-electron chi connectivity index (χ2n) is 6.87. The molecule has 1 saturated carbocycles. The first-order chi connectivity index (χ1) is 12.8. The van der Waals surface area contributed by atoms with Crippen LogP contribution in [-0.2, 0) is 6.42 Å². The summed E-state index contributed by atoms with van der Waals surface area (Å²) in [7, 11) is 1.88. The van der Waals surface area contributed by atoms with Crippen LogP contribution in [0.15, 0.2) is 35.3 Å². The lowest BCUT2D eigenvalue weighted by atomic mass is 10.1. The van der Waals surface area contributed by atoms with Gasteiger partial charge in [-0.3, -0.25) is 4.99 Å². The monoisotopic (exact) mass is 498 g/mol. The molecule has 27 heavy (non-hydrogen) atoms. The molecule has 1 saturated heterocycles. The van der Waals surface area contributed by atoms with Crippen molar-refractivity contribution in [2.75, 3.05) is 38.1 Å². The number of nitrogens with zero attached hydrogens (tertiary/aromatic N) is 5. The molecule has 0 radical (unpaired) electrons. The molecule has 1 aromatic heterocycles. The van der Waals surface area contributed by atoms with Gasteiger partial charge in [0.1, 0.15) is 5.82 Å². The highest BCUT2D eigenvalue weighted by atomic mass is 127. The maximum absolute atomic E-state index is 4.61. The van der Waals surface area contributed by atoms with Gasteiger partial charge in [0.25, 0.3) is 0 Å². The Hall–Kier alpha value is -1.42. The van der Waals surface area contributed by atoms with E-state index in [0.29, 0.717) is 12.0 Å². The van der Waals surface area contributed by atoms with E-state index >= 15 is 0 Å². The normalized spacial score (nSPS) is 22.4. The van der Waals surface area contributed by atoms with Gasteiger partial charge < -0.3 is 15.1 Å². The van der Waals surface area contributed by atoms with Crippen LogP contribution in [0.2, 0.25) is 0 Å². The summed E-state index contributed by atoms with van der Waals surface area (Å²) >= 11 is 1.52. The van der Waals surface area contributed by atoms with Crippen LogP contribution < -0.4 is 10.2 Å². The topological polar surface area (TPSA) is 56.7 Å². The number of guanidine groups is 1. The maximum Gasteiger partial charge on any atom is 0.205 e. The van der Waals surface area contributed by atoms with E-state index in [-0.39, 0.29) is 24.0 Å². The van der Waals surface area contributed by atoms with E-state index in [1.165, 1.54) is 23.5 Å². The lowest BCUT2D eigenvalue weighted by Crippen LogP contribution is -2.53. The van der Waals surface area contributed by atoms with Crippen molar-refractivity contribution in [3.63, 3.8) is 0 Å². The average molecular weight is 498 g/mol. The van der Waals surface area contributed by atoms with Crippen LogP contribution >= 0.6 is 35.5 Å². The zero-order chi connectivity index (χ0) is 17.9. The SMILES string of the molecule is CCc1nsc(N2CCN(C(=NC)NC3CC3c3ccccc3)CC2)n1.I. The fourth-order valence-electron chi connectivity index (χ4n) is 3.51. The Labute approximate surface area is 182 Å². The molecule has 6 nitrogen and oxygen atoms in total. The highest BCUT2D eigenvalue weighted by Crippen LogP contribution is 2.40. The van der Waals surface area contributed by atoms with Crippen molar-refractivity contribution in [3.05, 3.63) is 41.7 Å². The van der Waals surface area contributed by atoms with E-state index < -0.39 is 0 Å². The molecule has 0 bridgehead atoms. The predicted octanol–water partition coefficient (Wildman–Crippen LogP) is 2.97.